The molecule has 0 spiro atoms. The van der Waals surface area contributed by atoms with Gasteiger partial charge in [0.25, 0.3) is 0 Å². The van der Waals surface area contributed by atoms with E-state index in [9.17, 15) is 5.26 Å². The third-order valence-corrected chi connectivity index (χ3v) is 4.29. The fourth-order valence-electron chi connectivity index (χ4n) is 2.70. The maximum atomic E-state index is 9.48. The maximum absolute atomic E-state index is 9.48. The number of nitrogens with zero attached hydrogens (tertiary/aromatic N) is 6. The maximum Gasteiger partial charge on any atom is 0.169 e. The normalized spacial score (nSPS) is 10.5. The van der Waals surface area contributed by atoms with E-state index in [0.29, 0.717) is 17.9 Å². The quantitative estimate of drug-likeness (QED) is 0.718. The lowest BCUT2D eigenvalue weighted by Crippen LogP contribution is -2.23. The minimum absolute atomic E-state index is 0.547. The molecule has 0 N–H and O–H groups in total. The molecule has 0 bridgehead atoms. The number of nitriles is 1. The molecule has 6 nitrogen and oxygen atoms in total. The van der Waals surface area contributed by atoms with Crippen LogP contribution in [0, 0.1) is 25.2 Å². The number of benzene rings is 1. The first-order valence-corrected chi connectivity index (χ1v) is 8.09. The van der Waals surface area contributed by atoms with Crippen LogP contribution in [0.4, 0.5) is 5.82 Å². The van der Waals surface area contributed by atoms with Crippen molar-refractivity contribution in [2.75, 3.05) is 11.9 Å². The second-order valence-corrected chi connectivity index (χ2v) is 6.03. The molecule has 1 aromatic carbocycles. The Hall–Kier alpha value is -3.20. The van der Waals surface area contributed by atoms with Crippen LogP contribution in [-0.2, 0) is 13.1 Å². The zero-order valence-corrected chi connectivity index (χ0v) is 14.6. The second kappa shape index (κ2) is 7.14. The predicted octanol–water partition coefficient (Wildman–Crippen LogP) is 2.85. The molecule has 0 atom stereocenters. The Morgan fingerprint density at radius 2 is 1.92 bits per heavy atom. The van der Waals surface area contributed by atoms with E-state index in [1.165, 1.54) is 5.56 Å². The van der Waals surface area contributed by atoms with Crippen molar-refractivity contribution in [2.45, 2.75) is 26.9 Å². The standard InChI is InChI=1S/C19H20N6/c1-14-15(2)22-23-19(17(14)11-20)24(3)13-18-21-9-10-25(18)12-16-7-5-4-6-8-16/h4-10H,12-13H2,1-3H3. The SMILES string of the molecule is Cc1nnc(N(C)Cc2nccn2Cc2ccccc2)c(C#N)c1C. The van der Waals surface area contributed by atoms with Crippen LogP contribution in [0.25, 0.3) is 0 Å². The molecule has 0 aliphatic carbocycles. The smallest absolute Gasteiger partial charge is 0.169 e. The van der Waals surface area contributed by atoms with Gasteiger partial charge in [0.2, 0.25) is 0 Å². The van der Waals surface area contributed by atoms with Gasteiger partial charge in [-0.05, 0) is 25.0 Å². The van der Waals surface area contributed by atoms with E-state index in [0.717, 1.165) is 23.6 Å². The Morgan fingerprint density at radius 3 is 2.64 bits per heavy atom. The van der Waals surface area contributed by atoms with E-state index in [1.807, 2.05) is 50.2 Å². The van der Waals surface area contributed by atoms with Gasteiger partial charge in [0, 0.05) is 26.0 Å². The molecule has 6 heteroatoms. The van der Waals surface area contributed by atoms with Crippen molar-refractivity contribution < 1.29 is 0 Å². The Balaban J connectivity index is 1.83. The Morgan fingerprint density at radius 1 is 1.16 bits per heavy atom. The van der Waals surface area contributed by atoms with Crippen LogP contribution in [0.5, 0.6) is 0 Å². The van der Waals surface area contributed by atoms with Gasteiger partial charge in [-0.15, -0.1) is 5.10 Å². The topological polar surface area (TPSA) is 70.6 Å². The molecular formula is C19H20N6. The summed E-state index contributed by atoms with van der Waals surface area (Å²) in [5, 5.41) is 17.9. The number of hydrogen-bond donors (Lipinski definition) is 0. The largest absolute Gasteiger partial charge is 0.350 e. The number of aryl methyl sites for hydroxylation is 1. The number of hydrogen-bond acceptors (Lipinski definition) is 5. The lowest BCUT2D eigenvalue weighted by molar-refractivity contribution is 0.700. The van der Waals surface area contributed by atoms with Crippen molar-refractivity contribution >= 4 is 5.82 Å². The molecule has 126 valence electrons. The summed E-state index contributed by atoms with van der Waals surface area (Å²) in [6.07, 6.45) is 3.76. The van der Waals surface area contributed by atoms with Crippen molar-refractivity contribution in [1.82, 2.24) is 19.7 Å². The van der Waals surface area contributed by atoms with Crippen molar-refractivity contribution in [3.8, 4) is 6.07 Å². The minimum atomic E-state index is 0.547. The lowest BCUT2D eigenvalue weighted by atomic mass is 10.1. The summed E-state index contributed by atoms with van der Waals surface area (Å²) in [5.41, 5.74) is 3.43. The van der Waals surface area contributed by atoms with Crippen molar-refractivity contribution in [3.05, 3.63) is 70.9 Å². The van der Waals surface area contributed by atoms with Crippen LogP contribution in [0.15, 0.2) is 42.7 Å². The van der Waals surface area contributed by atoms with E-state index in [-0.39, 0.29) is 0 Å². The average Bonchev–Trinajstić information content (AvgIpc) is 3.04. The van der Waals surface area contributed by atoms with Gasteiger partial charge >= 0.3 is 0 Å². The summed E-state index contributed by atoms with van der Waals surface area (Å²) >= 11 is 0. The lowest BCUT2D eigenvalue weighted by Gasteiger charge is -2.20. The molecule has 3 rings (SSSR count). The van der Waals surface area contributed by atoms with Crippen molar-refractivity contribution in [1.29, 1.82) is 5.26 Å². The van der Waals surface area contributed by atoms with Gasteiger partial charge < -0.3 is 9.47 Å². The Kier molecular flexibility index (Phi) is 4.75. The third kappa shape index (κ3) is 3.50. The first-order chi connectivity index (χ1) is 12.1. The zero-order chi connectivity index (χ0) is 17.8. The highest BCUT2D eigenvalue weighted by atomic mass is 15.3. The molecule has 0 aliphatic heterocycles. The molecule has 0 fully saturated rings. The van der Waals surface area contributed by atoms with Gasteiger partial charge in [0.05, 0.1) is 12.2 Å². The molecule has 2 heterocycles. The third-order valence-electron chi connectivity index (χ3n) is 4.29. The summed E-state index contributed by atoms with van der Waals surface area (Å²) < 4.78 is 2.10. The van der Waals surface area contributed by atoms with Gasteiger partial charge in [0.15, 0.2) is 5.82 Å². The van der Waals surface area contributed by atoms with E-state index < -0.39 is 0 Å². The van der Waals surface area contributed by atoms with E-state index in [2.05, 4.69) is 38.0 Å². The number of rotatable bonds is 5. The summed E-state index contributed by atoms with van der Waals surface area (Å²) in [7, 11) is 1.90. The number of anilines is 1. The van der Waals surface area contributed by atoms with E-state index >= 15 is 0 Å². The average molecular weight is 332 g/mol. The molecule has 25 heavy (non-hydrogen) atoms. The summed E-state index contributed by atoms with van der Waals surface area (Å²) in [6.45, 7) is 5.06. The highest BCUT2D eigenvalue weighted by Gasteiger charge is 2.16. The van der Waals surface area contributed by atoms with E-state index in [4.69, 9.17) is 0 Å². The molecule has 3 aromatic rings. The molecular weight excluding hydrogens is 312 g/mol. The second-order valence-electron chi connectivity index (χ2n) is 6.03. The van der Waals surface area contributed by atoms with E-state index in [1.54, 1.807) is 6.20 Å². The van der Waals surface area contributed by atoms with Gasteiger partial charge in [-0.2, -0.15) is 10.4 Å². The van der Waals surface area contributed by atoms with Crippen LogP contribution in [0.2, 0.25) is 0 Å². The van der Waals surface area contributed by atoms with Gasteiger partial charge in [-0.25, -0.2) is 4.98 Å². The molecule has 0 aliphatic rings. The molecule has 0 unspecified atom stereocenters. The van der Waals surface area contributed by atoms with Crippen molar-refractivity contribution in [2.24, 2.45) is 0 Å². The summed E-state index contributed by atoms with van der Waals surface area (Å²) in [5.74, 6) is 1.50. The van der Waals surface area contributed by atoms with Crippen molar-refractivity contribution in [3.63, 3.8) is 0 Å². The number of aromatic nitrogens is 4. The fourth-order valence-corrected chi connectivity index (χ4v) is 2.70. The van der Waals surface area contributed by atoms with Gasteiger partial charge in [-0.3, -0.25) is 0 Å². The fraction of sp³-hybridized carbons (Fsp3) is 0.263. The summed E-state index contributed by atoms with van der Waals surface area (Å²) in [4.78, 5) is 6.38. The van der Waals surface area contributed by atoms with Crippen LogP contribution < -0.4 is 4.90 Å². The van der Waals surface area contributed by atoms with Gasteiger partial charge in [-0.1, -0.05) is 30.3 Å². The monoisotopic (exact) mass is 332 g/mol. The molecule has 0 saturated carbocycles. The van der Waals surface area contributed by atoms with Gasteiger partial charge in [0.1, 0.15) is 17.5 Å². The first-order valence-electron chi connectivity index (χ1n) is 8.09. The number of imidazole rings is 1. The molecule has 0 amide bonds. The predicted molar refractivity (Wildman–Crippen MR) is 96.1 cm³/mol. The Labute approximate surface area is 147 Å². The highest BCUT2D eigenvalue weighted by Crippen LogP contribution is 2.21. The van der Waals surface area contributed by atoms with Crippen LogP contribution >= 0.6 is 0 Å². The highest BCUT2D eigenvalue weighted by molar-refractivity contribution is 5.57. The first kappa shape index (κ1) is 16.7. The molecule has 0 saturated heterocycles. The molecule has 0 radical (unpaired) electrons. The Bertz CT molecular complexity index is 907. The van der Waals surface area contributed by atoms with Crippen LogP contribution in [-0.4, -0.2) is 26.8 Å². The zero-order valence-electron chi connectivity index (χ0n) is 14.6. The summed E-state index contributed by atoms with van der Waals surface area (Å²) in [6, 6.07) is 12.5. The molecule has 2 aromatic heterocycles. The van der Waals surface area contributed by atoms with Crippen LogP contribution in [0.1, 0.15) is 28.2 Å². The minimum Gasteiger partial charge on any atom is -0.350 e. The van der Waals surface area contributed by atoms with Crippen LogP contribution in [0.3, 0.4) is 0 Å².